The van der Waals surface area contributed by atoms with Crippen LogP contribution in [-0.2, 0) is 0 Å². The van der Waals surface area contributed by atoms with Gasteiger partial charge >= 0.3 is 0 Å². The van der Waals surface area contributed by atoms with Crippen molar-refractivity contribution in [1.29, 1.82) is 0 Å². The normalized spacial score (nSPS) is 10.6. The molecule has 0 fully saturated rings. The summed E-state index contributed by atoms with van der Waals surface area (Å²) < 4.78 is 5.26. The number of nitrogens with zero attached hydrogens (tertiary/aromatic N) is 3. The summed E-state index contributed by atoms with van der Waals surface area (Å²) in [7, 11) is 0. The smallest absolute Gasteiger partial charge is 0.225 e. The number of nitrogens with two attached hydrogens (primary N) is 1. The Morgan fingerprint density at radius 1 is 1.11 bits per heavy atom. The van der Waals surface area contributed by atoms with E-state index in [-0.39, 0.29) is 0 Å². The second kappa shape index (κ2) is 4.70. The van der Waals surface area contributed by atoms with Gasteiger partial charge in [0.2, 0.25) is 5.89 Å². The SMILES string of the molecule is Nc1cnc(-c2cc(-c3ncco3)ccc2Cl)cn1. The van der Waals surface area contributed by atoms with Crippen molar-refractivity contribution in [3.8, 4) is 22.7 Å². The lowest BCUT2D eigenvalue weighted by molar-refractivity contribution is 0.574. The standard InChI is InChI=1S/C13H9ClN4O/c14-10-2-1-8(13-16-3-4-19-13)5-9(10)11-6-18-12(15)7-17-11/h1-7H,(H2,15,18). The number of oxazole rings is 1. The average Bonchev–Trinajstić information content (AvgIpc) is 2.94. The first-order chi connectivity index (χ1) is 9.24. The van der Waals surface area contributed by atoms with Gasteiger partial charge in [0.15, 0.2) is 0 Å². The van der Waals surface area contributed by atoms with Gasteiger partial charge in [-0.2, -0.15) is 0 Å². The summed E-state index contributed by atoms with van der Waals surface area (Å²) >= 11 is 6.18. The summed E-state index contributed by atoms with van der Waals surface area (Å²) in [6.45, 7) is 0. The fraction of sp³-hybridized carbons (Fsp3) is 0. The van der Waals surface area contributed by atoms with Gasteiger partial charge in [0, 0.05) is 11.1 Å². The molecule has 0 atom stereocenters. The van der Waals surface area contributed by atoms with Crippen molar-refractivity contribution < 1.29 is 4.42 Å². The number of hydrogen-bond acceptors (Lipinski definition) is 5. The average molecular weight is 273 g/mol. The van der Waals surface area contributed by atoms with Gasteiger partial charge in [0.1, 0.15) is 12.1 Å². The van der Waals surface area contributed by atoms with Crippen LogP contribution in [0.25, 0.3) is 22.7 Å². The highest BCUT2D eigenvalue weighted by Gasteiger charge is 2.10. The van der Waals surface area contributed by atoms with E-state index in [4.69, 9.17) is 21.8 Å². The maximum atomic E-state index is 6.18. The van der Waals surface area contributed by atoms with E-state index in [2.05, 4.69) is 15.0 Å². The Morgan fingerprint density at radius 3 is 2.68 bits per heavy atom. The zero-order chi connectivity index (χ0) is 13.2. The molecule has 3 aromatic rings. The van der Waals surface area contributed by atoms with Crippen LogP contribution in [0.15, 0.2) is 47.5 Å². The Balaban J connectivity index is 2.10. The fourth-order valence-corrected chi connectivity index (χ4v) is 1.91. The lowest BCUT2D eigenvalue weighted by atomic mass is 10.1. The van der Waals surface area contributed by atoms with Crippen molar-refractivity contribution in [3.63, 3.8) is 0 Å². The molecule has 0 saturated heterocycles. The molecule has 94 valence electrons. The predicted molar refractivity (Wildman–Crippen MR) is 72.4 cm³/mol. The Hall–Kier alpha value is -2.40. The van der Waals surface area contributed by atoms with E-state index < -0.39 is 0 Å². The van der Waals surface area contributed by atoms with E-state index in [1.54, 1.807) is 18.5 Å². The zero-order valence-corrected chi connectivity index (χ0v) is 10.5. The number of anilines is 1. The summed E-state index contributed by atoms with van der Waals surface area (Å²) in [4.78, 5) is 12.3. The molecule has 2 N–H and O–H groups in total. The van der Waals surface area contributed by atoms with Gasteiger partial charge in [-0.05, 0) is 18.2 Å². The van der Waals surface area contributed by atoms with Crippen molar-refractivity contribution in [2.75, 3.05) is 5.73 Å². The second-order valence-corrected chi connectivity index (χ2v) is 4.27. The molecule has 19 heavy (non-hydrogen) atoms. The molecular weight excluding hydrogens is 264 g/mol. The van der Waals surface area contributed by atoms with E-state index in [1.807, 2.05) is 12.1 Å². The molecule has 2 aromatic heterocycles. The Morgan fingerprint density at radius 2 is 2.00 bits per heavy atom. The third-order valence-corrected chi connectivity index (χ3v) is 2.92. The van der Waals surface area contributed by atoms with Crippen molar-refractivity contribution >= 4 is 17.4 Å². The van der Waals surface area contributed by atoms with Crippen LogP contribution in [0, 0.1) is 0 Å². The molecule has 1 aromatic carbocycles. The van der Waals surface area contributed by atoms with Gasteiger partial charge in [-0.25, -0.2) is 9.97 Å². The van der Waals surface area contributed by atoms with Gasteiger partial charge in [0.05, 0.1) is 29.3 Å². The molecule has 6 heteroatoms. The highest BCUT2D eigenvalue weighted by atomic mass is 35.5. The lowest BCUT2D eigenvalue weighted by Gasteiger charge is -2.05. The number of hydrogen-bond donors (Lipinski definition) is 1. The van der Waals surface area contributed by atoms with Crippen LogP contribution in [0.1, 0.15) is 0 Å². The van der Waals surface area contributed by atoms with Gasteiger partial charge in [-0.1, -0.05) is 11.6 Å². The minimum Gasteiger partial charge on any atom is -0.445 e. The van der Waals surface area contributed by atoms with Crippen LogP contribution in [0.3, 0.4) is 0 Å². The van der Waals surface area contributed by atoms with Gasteiger partial charge in [-0.3, -0.25) is 4.98 Å². The summed E-state index contributed by atoms with van der Waals surface area (Å²) in [5, 5.41) is 0.578. The highest BCUT2D eigenvalue weighted by molar-refractivity contribution is 6.33. The maximum Gasteiger partial charge on any atom is 0.225 e. The van der Waals surface area contributed by atoms with Crippen LogP contribution in [-0.4, -0.2) is 15.0 Å². The minimum atomic E-state index is 0.365. The van der Waals surface area contributed by atoms with Gasteiger partial charge < -0.3 is 10.2 Å². The van der Waals surface area contributed by atoms with Crippen molar-refractivity contribution in [2.24, 2.45) is 0 Å². The molecule has 0 bridgehead atoms. The highest BCUT2D eigenvalue weighted by Crippen LogP contribution is 2.30. The molecule has 0 unspecified atom stereocenters. The minimum absolute atomic E-state index is 0.365. The monoisotopic (exact) mass is 272 g/mol. The van der Waals surface area contributed by atoms with Crippen molar-refractivity contribution in [2.45, 2.75) is 0 Å². The van der Waals surface area contributed by atoms with Crippen molar-refractivity contribution in [3.05, 3.63) is 48.1 Å². The summed E-state index contributed by atoms with van der Waals surface area (Å²) in [6, 6.07) is 5.46. The number of halogens is 1. The summed E-state index contributed by atoms with van der Waals surface area (Å²) in [5.74, 6) is 0.894. The predicted octanol–water partition coefficient (Wildman–Crippen LogP) is 3.03. The first-order valence-corrected chi connectivity index (χ1v) is 5.89. The maximum absolute atomic E-state index is 6.18. The largest absolute Gasteiger partial charge is 0.445 e. The van der Waals surface area contributed by atoms with Gasteiger partial charge in [-0.15, -0.1) is 0 Å². The Bertz CT molecular complexity index is 695. The molecule has 0 aliphatic heterocycles. The van der Waals surface area contributed by atoms with E-state index in [0.29, 0.717) is 22.4 Å². The first kappa shape index (κ1) is 11.7. The first-order valence-electron chi connectivity index (χ1n) is 5.51. The van der Waals surface area contributed by atoms with Crippen LogP contribution in [0.5, 0.6) is 0 Å². The fourth-order valence-electron chi connectivity index (χ4n) is 1.70. The summed E-state index contributed by atoms with van der Waals surface area (Å²) in [6.07, 6.45) is 6.18. The van der Waals surface area contributed by atoms with Crippen LogP contribution >= 0.6 is 11.6 Å². The van der Waals surface area contributed by atoms with E-state index >= 15 is 0 Å². The number of aromatic nitrogens is 3. The summed E-state index contributed by atoms with van der Waals surface area (Å²) in [5.41, 5.74) is 7.74. The molecule has 3 rings (SSSR count). The third kappa shape index (κ3) is 2.28. The molecule has 0 amide bonds. The third-order valence-electron chi connectivity index (χ3n) is 2.59. The van der Waals surface area contributed by atoms with Crippen LogP contribution in [0.2, 0.25) is 5.02 Å². The van der Waals surface area contributed by atoms with E-state index in [0.717, 1.165) is 11.1 Å². The molecular formula is C13H9ClN4O. The topological polar surface area (TPSA) is 77.8 Å². The van der Waals surface area contributed by atoms with E-state index in [9.17, 15) is 0 Å². The number of benzene rings is 1. The van der Waals surface area contributed by atoms with Crippen molar-refractivity contribution in [1.82, 2.24) is 15.0 Å². The molecule has 0 aliphatic rings. The molecule has 5 nitrogen and oxygen atoms in total. The molecule has 0 radical (unpaired) electrons. The van der Waals surface area contributed by atoms with Crippen LogP contribution in [0.4, 0.5) is 5.82 Å². The van der Waals surface area contributed by atoms with E-state index in [1.165, 1.54) is 12.5 Å². The number of rotatable bonds is 2. The van der Waals surface area contributed by atoms with Crippen LogP contribution < -0.4 is 5.73 Å². The molecule has 0 saturated carbocycles. The Kier molecular flexibility index (Phi) is 2.89. The quantitative estimate of drug-likeness (QED) is 0.776. The lowest BCUT2D eigenvalue weighted by Crippen LogP contribution is -1.93. The number of nitrogen functional groups attached to an aromatic ring is 1. The second-order valence-electron chi connectivity index (χ2n) is 3.86. The van der Waals surface area contributed by atoms with Gasteiger partial charge in [0.25, 0.3) is 0 Å². The molecule has 0 spiro atoms. The molecule has 0 aliphatic carbocycles. The molecule has 2 heterocycles. The Labute approximate surface area is 114 Å². The zero-order valence-electron chi connectivity index (χ0n) is 9.75.